The van der Waals surface area contributed by atoms with Gasteiger partial charge in [0.25, 0.3) is 0 Å². The highest BCUT2D eigenvalue weighted by atomic mass is 16.5. The van der Waals surface area contributed by atoms with Gasteiger partial charge in [0.1, 0.15) is 0 Å². The first kappa shape index (κ1) is 12.6. The minimum absolute atomic E-state index is 0.689. The Hall–Kier alpha value is -0.900. The smallest absolute Gasteiger partial charge is 0.240 e. The maximum absolute atomic E-state index is 5.25. The normalized spacial score (nSPS) is 18.5. The van der Waals surface area contributed by atoms with Gasteiger partial charge in [-0.2, -0.15) is 4.98 Å². The van der Waals surface area contributed by atoms with E-state index >= 15 is 0 Å². The number of hydrogen-bond donors (Lipinski definition) is 0. The van der Waals surface area contributed by atoms with Gasteiger partial charge >= 0.3 is 0 Å². The summed E-state index contributed by atoms with van der Waals surface area (Å²) in [5, 5.41) is 3.94. The highest BCUT2D eigenvalue weighted by molar-refractivity contribution is 4.86. The van der Waals surface area contributed by atoms with Crippen LogP contribution in [-0.4, -0.2) is 28.1 Å². The van der Waals surface area contributed by atoms with E-state index in [0.29, 0.717) is 6.04 Å². The van der Waals surface area contributed by atoms with Gasteiger partial charge in [-0.25, -0.2) is 0 Å². The average molecular weight is 237 g/mol. The number of hydrogen-bond acceptors (Lipinski definition) is 4. The topological polar surface area (TPSA) is 42.2 Å². The van der Waals surface area contributed by atoms with Gasteiger partial charge in [0, 0.05) is 12.5 Å². The molecule has 96 valence electrons. The van der Waals surface area contributed by atoms with Crippen LogP contribution in [0, 0.1) is 0 Å². The highest BCUT2D eigenvalue weighted by Crippen LogP contribution is 2.21. The molecule has 1 saturated carbocycles. The predicted molar refractivity (Wildman–Crippen MR) is 66.6 cm³/mol. The molecule has 1 aliphatic rings. The van der Waals surface area contributed by atoms with Crippen molar-refractivity contribution in [3.05, 3.63) is 11.7 Å². The molecule has 4 heteroatoms. The second-order valence-electron chi connectivity index (χ2n) is 5.02. The molecule has 0 spiro atoms. The van der Waals surface area contributed by atoms with E-state index in [9.17, 15) is 0 Å². The molecular formula is C13H23N3O. The summed E-state index contributed by atoms with van der Waals surface area (Å²) in [5.41, 5.74) is 0. The molecule has 1 fully saturated rings. The molecule has 1 heterocycles. The highest BCUT2D eigenvalue weighted by Gasteiger charge is 2.18. The van der Waals surface area contributed by atoms with Crippen LogP contribution >= 0.6 is 0 Å². The Bertz CT molecular complexity index is 329. The SMILES string of the molecule is CCc1noc(CN(C)C2CCCCCC2)n1. The molecule has 2 rings (SSSR count). The van der Waals surface area contributed by atoms with Crippen LogP contribution in [0.5, 0.6) is 0 Å². The van der Waals surface area contributed by atoms with E-state index in [0.717, 1.165) is 24.7 Å². The first-order valence-electron chi connectivity index (χ1n) is 6.81. The van der Waals surface area contributed by atoms with Gasteiger partial charge in [0.2, 0.25) is 5.89 Å². The molecule has 0 amide bonds. The fourth-order valence-corrected chi connectivity index (χ4v) is 2.54. The fourth-order valence-electron chi connectivity index (χ4n) is 2.54. The quantitative estimate of drug-likeness (QED) is 0.755. The van der Waals surface area contributed by atoms with Crippen molar-refractivity contribution in [3.8, 4) is 0 Å². The van der Waals surface area contributed by atoms with Gasteiger partial charge < -0.3 is 4.52 Å². The van der Waals surface area contributed by atoms with E-state index in [1.165, 1.54) is 38.5 Å². The molecule has 0 aliphatic heterocycles. The van der Waals surface area contributed by atoms with Crippen LogP contribution in [0.15, 0.2) is 4.52 Å². The van der Waals surface area contributed by atoms with Crippen molar-refractivity contribution in [2.24, 2.45) is 0 Å². The Labute approximate surface area is 103 Å². The van der Waals surface area contributed by atoms with Gasteiger partial charge in [0.15, 0.2) is 5.82 Å². The van der Waals surface area contributed by atoms with Crippen LogP contribution in [0.1, 0.15) is 57.2 Å². The van der Waals surface area contributed by atoms with Crippen LogP contribution in [0.3, 0.4) is 0 Å². The van der Waals surface area contributed by atoms with Crippen molar-refractivity contribution < 1.29 is 4.52 Å². The molecule has 4 nitrogen and oxygen atoms in total. The van der Waals surface area contributed by atoms with E-state index in [4.69, 9.17) is 4.52 Å². The zero-order valence-electron chi connectivity index (χ0n) is 11.0. The summed E-state index contributed by atoms with van der Waals surface area (Å²) < 4.78 is 5.25. The molecule has 0 radical (unpaired) electrons. The van der Waals surface area contributed by atoms with Crippen molar-refractivity contribution >= 4 is 0 Å². The molecule has 0 bridgehead atoms. The molecule has 0 atom stereocenters. The zero-order valence-corrected chi connectivity index (χ0v) is 11.0. The predicted octanol–water partition coefficient (Wildman–Crippen LogP) is 2.79. The van der Waals surface area contributed by atoms with Crippen molar-refractivity contribution in [2.75, 3.05) is 7.05 Å². The molecule has 0 saturated heterocycles. The zero-order chi connectivity index (χ0) is 12.1. The van der Waals surface area contributed by atoms with E-state index in [1.807, 2.05) is 6.92 Å². The summed E-state index contributed by atoms with van der Waals surface area (Å²) in [6.07, 6.45) is 8.97. The van der Waals surface area contributed by atoms with Crippen molar-refractivity contribution in [1.82, 2.24) is 15.0 Å². The summed E-state index contributed by atoms with van der Waals surface area (Å²) in [6, 6.07) is 0.689. The lowest BCUT2D eigenvalue weighted by Crippen LogP contribution is -2.30. The molecule has 1 aromatic rings. The molecule has 0 unspecified atom stereocenters. The van der Waals surface area contributed by atoms with E-state index in [2.05, 4.69) is 22.1 Å². The van der Waals surface area contributed by atoms with Crippen LogP contribution in [-0.2, 0) is 13.0 Å². The number of aryl methyl sites for hydroxylation is 1. The molecule has 17 heavy (non-hydrogen) atoms. The second-order valence-corrected chi connectivity index (χ2v) is 5.02. The lowest BCUT2D eigenvalue weighted by atomic mass is 10.1. The van der Waals surface area contributed by atoms with Gasteiger partial charge in [0.05, 0.1) is 6.54 Å². The van der Waals surface area contributed by atoms with E-state index in [-0.39, 0.29) is 0 Å². The largest absolute Gasteiger partial charge is 0.338 e. The number of rotatable bonds is 4. The Morgan fingerprint density at radius 2 is 1.94 bits per heavy atom. The Balaban J connectivity index is 1.88. The van der Waals surface area contributed by atoms with E-state index < -0.39 is 0 Å². The van der Waals surface area contributed by atoms with Gasteiger partial charge in [-0.15, -0.1) is 0 Å². The summed E-state index contributed by atoms with van der Waals surface area (Å²) in [7, 11) is 2.17. The van der Waals surface area contributed by atoms with Crippen molar-refractivity contribution in [3.63, 3.8) is 0 Å². The van der Waals surface area contributed by atoms with Gasteiger partial charge in [-0.05, 0) is 19.9 Å². The fraction of sp³-hybridized carbons (Fsp3) is 0.846. The first-order chi connectivity index (χ1) is 8.29. The third-order valence-corrected chi connectivity index (χ3v) is 3.66. The molecular weight excluding hydrogens is 214 g/mol. The minimum atomic E-state index is 0.689. The third-order valence-electron chi connectivity index (χ3n) is 3.66. The minimum Gasteiger partial charge on any atom is -0.338 e. The molecule has 1 aromatic heterocycles. The van der Waals surface area contributed by atoms with Gasteiger partial charge in [-0.3, -0.25) is 4.90 Å². The van der Waals surface area contributed by atoms with E-state index in [1.54, 1.807) is 0 Å². The summed E-state index contributed by atoms with van der Waals surface area (Å²) in [5.74, 6) is 1.57. The number of aromatic nitrogens is 2. The van der Waals surface area contributed by atoms with Crippen LogP contribution in [0.25, 0.3) is 0 Å². The third kappa shape index (κ3) is 3.53. The Morgan fingerprint density at radius 1 is 1.24 bits per heavy atom. The van der Waals surface area contributed by atoms with Crippen LogP contribution < -0.4 is 0 Å². The van der Waals surface area contributed by atoms with Crippen LogP contribution in [0.2, 0.25) is 0 Å². The standard InChI is InChI=1S/C13H23N3O/c1-3-12-14-13(17-15-12)10-16(2)11-8-6-4-5-7-9-11/h11H,3-10H2,1-2H3. The first-order valence-corrected chi connectivity index (χ1v) is 6.81. The van der Waals surface area contributed by atoms with Gasteiger partial charge in [-0.1, -0.05) is 37.8 Å². The van der Waals surface area contributed by atoms with Crippen molar-refractivity contribution in [1.29, 1.82) is 0 Å². The summed E-state index contributed by atoms with van der Waals surface area (Å²) >= 11 is 0. The van der Waals surface area contributed by atoms with Crippen molar-refractivity contribution in [2.45, 2.75) is 64.5 Å². The molecule has 1 aliphatic carbocycles. The number of nitrogens with zero attached hydrogens (tertiary/aromatic N) is 3. The Kier molecular flexibility index (Phi) is 4.54. The summed E-state index contributed by atoms with van der Waals surface area (Å²) in [6.45, 7) is 2.83. The molecule has 0 N–H and O–H groups in total. The maximum Gasteiger partial charge on any atom is 0.240 e. The lowest BCUT2D eigenvalue weighted by molar-refractivity contribution is 0.187. The van der Waals surface area contributed by atoms with Crippen LogP contribution in [0.4, 0.5) is 0 Å². The molecule has 0 aromatic carbocycles. The lowest BCUT2D eigenvalue weighted by Gasteiger charge is -2.25. The Morgan fingerprint density at radius 3 is 2.53 bits per heavy atom. The average Bonchev–Trinajstić information content (AvgIpc) is 2.62. The second kappa shape index (κ2) is 6.15. The monoisotopic (exact) mass is 237 g/mol. The maximum atomic E-state index is 5.25. The summed E-state index contributed by atoms with van der Waals surface area (Å²) in [4.78, 5) is 6.74.